The molecule has 1 aliphatic heterocycles. The third-order valence-corrected chi connectivity index (χ3v) is 6.78. The molecule has 0 saturated carbocycles. The number of benzene rings is 2. The van der Waals surface area contributed by atoms with Gasteiger partial charge >= 0.3 is 0 Å². The Kier molecular flexibility index (Phi) is 5.58. The Bertz CT molecular complexity index is 1140. The van der Waals surface area contributed by atoms with Crippen LogP contribution in [0.2, 0.25) is 0 Å². The number of hydrogen-bond donors (Lipinski definition) is 0. The molecular formula is C22H20ClNO5S. The second kappa shape index (κ2) is 8.16. The van der Waals surface area contributed by atoms with Gasteiger partial charge in [0, 0.05) is 29.8 Å². The molecule has 0 saturated heterocycles. The van der Waals surface area contributed by atoms with E-state index in [0.29, 0.717) is 34.2 Å². The maximum atomic E-state index is 13.6. The average molecular weight is 446 g/mol. The van der Waals surface area contributed by atoms with E-state index in [9.17, 15) is 9.59 Å². The van der Waals surface area contributed by atoms with Crippen molar-refractivity contribution in [2.45, 2.75) is 5.92 Å². The van der Waals surface area contributed by atoms with Crippen LogP contribution in [0, 0.1) is 0 Å². The highest BCUT2D eigenvalue weighted by atomic mass is 35.5. The van der Waals surface area contributed by atoms with Gasteiger partial charge in [0.25, 0.3) is 5.91 Å². The predicted octanol–water partition coefficient (Wildman–Crippen LogP) is 4.72. The van der Waals surface area contributed by atoms with E-state index >= 15 is 0 Å². The molecule has 156 valence electrons. The van der Waals surface area contributed by atoms with E-state index in [1.54, 1.807) is 12.0 Å². The van der Waals surface area contributed by atoms with E-state index in [4.69, 9.17) is 25.8 Å². The summed E-state index contributed by atoms with van der Waals surface area (Å²) in [5.74, 6) is 1.29. The number of thiophene rings is 1. The fourth-order valence-electron chi connectivity index (χ4n) is 4.04. The van der Waals surface area contributed by atoms with Crippen molar-refractivity contribution in [1.29, 1.82) is 0 Å². The Hall–Kier alpha value is -2.77. The predicted molar refractivity (Wildman–Crippen MR) is 118 cm³/mol. The van der Waals surface area contributed by atoms with Gasteiger partial charge in [-0.2, -0.15) is 0 Å². The van der Waals surface area contributed by atoms with Gasteiger partial charge in [0.1, 0.15) is 15.5 Å². The zero-order valence-corrected chi connectivity index (χ0v) is 18.3. The van der Waals surface area contributed by atoms with Gasteiger partial charge in [-0.15, -0.1) is 22.9 Å². The molecule has 30 heavy (non-hydrogen) atoms. The monoisotopic (exact) mass is 445 g/mol. The van der Waals surface area contributed by atoms with Gasteiger partial charge in [-0.3, -0.25) is 9.59 Å². The minimum absolute atomic E-state index is 0.0279. The third-order valence-electron chi connectivity index (χ3n) is 5.34. The van der Waals surface area contributed by atoms with Crippen LogP contribution in [0.15, 0.2) is 30.3 Å². The SMILES string of the molecule is COc1c(C=O)sc(C(=O)N2C[C@@H](CCl)c3c2cc(OC)c2ccccc32)c1OC. The number of ether oxygens (including phenoxy) is 3. The summed E-state index contributed by atoms with van der Waals surface area (Å²) < 4.78 is 16.3. The van der Waals surface area contributed by atoms with Crippen molar-refractivity contribution in [1.82, 2.24) is 0 Å². The van der Waals surface area contributed by atoms with Crippen LogP contribution in [-0.2, 0) is 0 Å². The topological polar surface area (TPSA) is 65.1 Å². The molecule has 0 bridgehead atoms. The lowest BCUT2D eigenvalue weighted by molar-refractivity contribution is 0.0988. The number of methoxy groups -OCH3 is 3. The highest BCUT2D eigenvalue weighted by Crippen LogP contribution is 2.48. The summed E-state index contributed by atoms with van der Waals surface area (Å²) in [6, 6.07) is 9.80. The summed E-state index contributed by atoms with van der Waals surface area (Å²) in [5.41, 5.74) is 1.77. The van der Waals surface area contributed by atoms with Crippen LogP contribution in [0.3, 0.4) is 0 Å². The Morgan fingerprint density at radius 2 is 1.87 bits per heavy atom. The second-order valence-corrected chi connectivity index (χ2v) is 8.16. The van der Waals surface area contributed by atoms with E-state index in [1.807, 2.05) is 30.3 Å². The maximum absolute atomic E-state index is 13.6. The van der Waals surface area contributed by atoms with Crippen molar-refractivity contribution < 1.29 is 23.8 Å². The number of halogens is 1. The molecule has 0 radical (unpaired) electrons. The average Bonchev–Trinajstić information content (AvgIpc) is 3.35. The van der Waals surface area contributed by atoms with Crippen molar-refractivity contribution >= 4 is 51.6 Å². The zero-order valence-electron chi connectivity index (χ0n) is 16.7. The molecule has 3 aromatic rings. The number of carbonyl (C=O) groups is 2. The van der Waals surface area contributed by atoms with Gasteiger partial charge < -0.3 is 19.1 Å². The number of fused-ring (bicyclic) bond motifs is 3. The number of rotatable bonds is 6. The number of aldehydes is 1. The van der Waals surface area contributed by atoms with Crippen molar-refractivity contribution in [3.63, 3.8) is 0 Å². The van der Waals surface area contributed by atoms with Gasteiger partial charge in [-0.05, 0) is 10.9 Å². The molecule has 1 aliphatic rings. The van der Waals surface area contributed by atoms with Crippen LogP contribution in [0.1, 0.15) is 30.8 Å². The second-order valence-electron chi connectivity index (χ2n) is 6.80. The van der Waals surface area contributed by atoms with Crippen molar-refractivity contribution in [2.24, 2.45) is 0 Å². The van der Waals surface area contributed by atoms with Crippen molar-refractivity contribution in [3.05, 3.63) is 45.6 Å². The molecule has 8 heteroatoms. The lowest BCUT2D eigenvalue weighted by Crippen LogP contribution is -2.29. The third kappa shape index (κ3) is 3.00. The summed E-state index contributed by atoms with van der Waals surface area (Å²) >= 11 is 7.35. The highest BCUT2D eigenvalue weighted by molar-refractivity contribution is 7.16. The van der Waals surface area contributed by atoms with E-state index in [2.05, 4.69) is 0 Å². The van der Waals surface area contributed by atoms with Crippen LogP contribution in [0.5, 0.6) is 17.2 Å². The molecule has 1 aromatic heterocycles. The van der Waals surface area contributed by atoms with Gasteiger partial charge in [0.15, 0.2) is 17.8 Å². The number of carbonyl (C=O) groups excluding carboxylic acids is 2. The van der Waals surface area contributed by atoms with Crippen LogP contribution in [0.4, 0.5) is 5.69 Å². The van der Waals surface area contributed by atoms with Crippen LogP contribution < -0.4 is 19.1 Å². The molecule has 1 amide bonds. The van der Waals surface area contributed by atoms with Crippen LogP contribution >= 0.6 is 22.9 Å². The molecule has 6 nitrogen and oxygen atoms in total. The number of alkyl halides is 1. The summed E-state index contributed by atoms with van der Waals surface area (Å²) in [5, 5.41) is 1.99. The Morgan fingerprint density at radius 3 is 2.47 bits per heavy atom. The fourth-order valence-corrected chi connectivity index (χ4v) is 5.29. The quantitative estimate of drug-likeness (QED) is 0.405. The van der Waals surface area contributed by atoms with Crippen molar-refractivity contribution in [3.8, 4) is 17.2 Å². The molecule has 4 rings (SSSR count). The Morgan fingerprint density at radius 1 is 1.17 bits per heavy atom. The summed E-state index contributed by atoms with van der Waals surface area (Å²) in [7, 11) is 4.50. The van der Waals surface area contributed by atoms with Crippen molar-refractivity contribution in [2.75, 3.05) is 38.7 Å². The van der Waals surface area contributed by atoms with E-state index in [0.717, 1.165) is 33.4 Å². The smallest absolute Gasteiger partial charge is 0.272 e. The molecule has 2 aromatic carbocycles. The lowest BCUT2D eigenvalue weighted by atomic mass is 9.95. The van der Waals surface area contributed by atoms with Crippen LogP contribution in [0.25, 0.3) is 10.8 Å². The van der Waals surface area contributed by atoms with Crippen LogP contribution in [-0.4, -0.2) is 45.9 Å². The normalized spacial score (nSPS) is 15.2. The first kappa shape index (κ1) is 20.5. The number of amides is 1. The fraction of sp³-hybridized carbons (Fsp3) is 0.273. The molecular weight excluding hydrogens is 426 g/mol. The van der Waals surface area contributed by atoms with Gasteiger partial charge in [-0.25, -0.2) is 0 Å². The van der Waals surface area contributed by atoms with E-state index in [1.165, 1.54) is 14.2 Å². The molecule has 1 atom stereocenters. The number of nitrogens with zero attached hydrogens (tertiary/aromatic N) is 1. The maximum Gasteiger partial charge on any atom is 0.272 e. The summed E-state index contributed by atoms with van der Waals surface area (Å²) in [6.07, 6.45) is 0.666. The standard InChI is InChI=1S/C22H20ClNO5S/c1-27-16-8-15-18(14-7-5-4-6-13(14)16)12(9-23)10-24(15)22(26)21-20(29-3)19(28-2)17(11-25)30-21/h4-8,11-12H,9-10H2,1-3H3/t12-/m1/s1. The number of anilines is 1. The van der Waals surface area contributed by atoms with E-state index < -0.39 is 0 Å². The van der Waals surface area contributed by atoms with E-state index in [-0.39, 0.29) is 23.3 Å². The molecule has 0 N–H and O–H groups in total. The molecule has 0 spiro atoms. The van der Waals surface area contributed by atoms with Gasteiger partial charge in [-0.1, -0.05) is 24.3 Å². The zero-order chi connectivity index (χ0) is 21.4. The largest absolute Gasteiger partial charge is 0.496 e. The minimum Gasteiger partial charge on any atom is -0.496 e. The number of hydrogen-bond acceptors (Lipinski definition) is 6. The Labute approximate surface area is 182 Å². The minimum atomic E-state index is -0.269. The molecule has 0 fully saturated rings. The highest BCUT2D eigenvalue weighted by Gasteiger charge is 2.37. The molecule has 0 unspecified atom stereocenters. The lowest BCUT2D eigenvalue weighted by Gasteiger charge is -2.19. The first-order valence-electron chi connectivity index (χ1n) is 9.26. The molecule has 2 heterocycles. The van der Waals surface area contributed by atoms with Gasteiger partial charge in [0.2, 0.25) is 0 Å². The first-order chi connectivity index (χ1) is 14.6. The summed E-state index contributed by atoms with van der Waals surface area (Å²) in [4.78, 5) is 27.3. The van der Waals surface area contributed by atoms with Gasteiger partial charge in [0.05, 0.1) is 27.0 Å². The molecule has 0 aliphatic carbocycles. The Balaban J connectivity index is 1.90. The summed E-state index contributed by atoms with van der Waals surface area (Å²) in [6.45, 7) is 0.425. The first-order valence-corrected chi connectivity index (χ1v) is 10.6.